The topological polar surface area (TPSA) is 38.3 Å². The Labute approximate surface area is 115 Å². The number of rotatable bonds is 7. The molecule has 0 aliphatic heterocycles. The molecule has 0 bridgehead atoms. The van der Waals surface area contributed by atoms with E-state index in [-0.39, 0.29) is 12.0 Å². The molecule has 3 nitrogen and oxygen atoms in total. The van der Waals surface area contributed by atoms with E-state index in [0.29, 0.717) is 12.0 Å². The number of benzene rings is 1. The van der Waals surface area contributed by atoms with Gasteiger partial charge in [-0.3, -0.25) is 4.79 Å². The van der Waals surface area contributed by atoms with Crippen LogP contribution in [0, 0.1) is 5.92 Å². The molecule has 0 aromatic heterocycles. The van der Waals surface area contributed by atoms with Gasteiger partial charge in [0.05, 0.1) is 7.11 Å². The van der Waals surface area contributed by atoms with Gasteiger partial charge in [0.2, 0.25) is 0 Å². The highest BCUT2D eigenvalue weighted by Gasteiger charge is 2.37. The number of ether oxygens (including phenoxy) is 1. The third-order valence-electron chi connectivity index (χ3n) is 3.72. The highest BCUT2D eigenvalue weighted by molar-refractivity contribution is 5.76. The molecule has 1 aromatic rings. The van der Waals surface area contributed by atoms with Crippen molar-refractivity contribution in [2.45, 2.75) is 44.7 Å². The Morgan fingerprint density at radius 1 is 1.37 bits per heavy atom. The van der Waals surface area contributed by atoms with E-state index >= 15 is 0 Å². The third-order valence-corrected chi connectivity index (χ3v) is 3.72. The Bertz CT molecular complexity index is 400. The molecule has 0 heterocycles. The van der Waals surface area contributed by atoms with E-state index in [9.17, 15) is 4.79 Å². The van der Waals surface area contributed by atoms with Crippen molar-refractivity contribution in [3.8, 4) is 0 Å². The maximum Gasteiger partial charge on any atom is 0.323 e. The van der Waals surface area contributed by atoms with Gasteiger partial charge in [-0.05, 0) is 44.1 Å². The maximum atomic E-state index is 11.7. The minimum atomic E-state index is -0.117. The van der Waals surface area contributed by atoms with Crippen LogP contribution in [-0.2, 0) is 16.0 Å². The summed E-state index contributed by atoms with van der Waals surface area (Å²) in [5.74, 6) is 0.362. The van der Waals surface area contributed by atoms with E-state index in [1.54, 1.807) is 0 Å². The molecule has 2 rings (SSSR count). The first-order valence-corrected chi connectivity index (χ1v) is 7.08. The second kappa shape index (κ2) is 6.71. The molecule has 3 heteroatoms. The quantitative estimate of drug-likeness (QED) is 0.767. The van der Waals surface area contributed by atoms with E-state index in [1.165, 1.54) is 12.7 Å². The van der Waals surface area contributed by atoms with E-state index in [2.05, 4.69) is 36.5 Å². The fourth-order valence-electron chi connectivity index (χ4n) is 2.37. The molecule has 0 radical (unpaired) electrons. The minimum Gasteiger partial charge on any atom is -0.468 e. The van der Waals surface area contributed by atoms with Crippen LogP contribution in [0.5, 0.6) is 0 Å². The monoisotopic (exact) mass is 261 g/mol. The normalized spacial score (nSPS) is 17.8. The molecule has 2 atom stereocenters. The first-order valence-electron chi connectivity index (χ1n) is 7.08. The lowest BCUT2D eigenvalue weighted by Crippen LogP contribution is -2.44. The summed E-state index contributed by atoms with van der Waals surface area (Å²) in [6.07, 6.45) is 4.34. The zero-order valence-corrected chi connectivity index (χ0v) is 11.8. The van der Waals surface area contributed by atoms with Crippen LogP contribution in [0.1, 0.15) is 31.7 Å². The Morgan fingerprint density at radius 2 is 2.05 bits per heavy atom. The van der Waals surface area contributed by atoms with Crippen molar-refractivity contribution in [1.29, 1.82) is 0 Å². The van der Waals surface area contributed by atoms with Crippen molar-refractivity contribution in [1.82, 2.24) is 5.32 Å². The molecule has 0 amide bonds. The SMILES string of the molecule is COC(=O)C(NC(C)CCc1ccccc1)C1CC1. The maximum absolute atomic E-state index is 11.7. The summed E-state index contributed by atoms with van der Waals surface area (Å²) in [6.45, 7) is 2.14. The van der Waals surface area contributed by atoms with E-state index in [0.717, 1.165) is 25.7 Å². The molecule has 1 aliphatic rings. The molecule has 0 saturated heterocycles. The van der Waals surface area contributed by atoms with Crippen molar-refractivity contribution >= 4 is 5.97 Å². The second-order valence-electron chi connectivity index (χ2n) is 5.43. The fourth-order valence-corrected chi connectivity index (χ4v) is 2.37. The molecule has 2 unspecified atom stereocenters. The number of hydrogen-bond donors (Lipinski definition) is 1. The van der Waals surface area contributed by atoms with Gasteiger partial charge in [0.1, 0.15) is 6.04 Å². The van der Waals surface area contributed by atoms with Crippen LogP contribution in [0.3, 0.4) is 0 Å². The van der Waals surface area contributed by atoms with Crippen molar-refractivity contribution in [2.24, 2.45) is 5.92 Å². The molecule has 1 fully saturated rings. The third kappa shape index (κ3) is 4.35. The smallest absolute Gasteiger partial charge is 0.323 e. The summed E-state index contributed by atoms with van der Waals surface area (Å²) in [7, 11) is 1.47. The number of esters is 1. The first kappa shape index (κ1) is 14.1. The summed E-state index contributed by atoms with van der Waals surface area (Å²) in [5, 5.41) is 3.43. The van der Waals surface area contributed by atoms with E-state index in [1.807, 2.05) is 6.07 Å². The van der Waals surface area contributed by atoms with Crippen LogP contribution in [0.4, 0.5) is 0 Å². The predicted octanol–water partition coefficient (Wildman–Crippen LogP) is 2.55. The van der Waals surface area contributed by atoms with Crippen LogP contribution in [-0.4, -0.2) is 25.2 Å². The molecule has 1 aliphatic carbocycles. The van der Waals surface area contributed by atoms with Crippen LogP contribution >= 0.6 is 0 Å². The van der Waals surface area contributed by atoms with Gasteiger partial charge in [-0.15, -0.1) is 0 Å². The molecule has 1 saturated carbocycles. The van der Waals surface area contributed by atoms with Crippen LogP contribution in [0.15, 0.2) is 30.3 Å². The lowest BCUT2D eigenvalue weighted by Gasteiger charge is -2.21. The van der Waals surface area contributed by atoms with Gasteiger partial charge in [0.15, 0.2) is 0 Å². The van der Waals surface area contributed by atoms with Crippen molar-refractivity contribution < 1.29 is 9.53 Å². The van der Waals surface area contributed by atoms with Gasteiger partial charge in [0, 0.05) is 6.04 Å². The van der Waals surface area contributed by atoms with Gasteiger partial charge < -0.3 is 10.1 Å². The first-order chi connectivity index (χ1) is 9.20. The molecule has 1 N–H and O–H groups in total. The average Bonchev–Trinajstić information content (AvgIpc) is 3.27. The number of aryl methyl sites for hydroxylation is 1. The molecular weight excluding hydrogens is 238 g/mol. The summed E-state index contributed by atoms with van der Waals surface area (Å²) in [5.41, 5.74) is 1.34. The van der Waals surface area contributed by atoms with E-state index in [4.69, 9.17) is 4.74 Å². The molecule has 0 spiro atoms. The van der Waals surface area contributed by atoms with Crippen LogP contribution < -0.4 is 5.32 Å². The average molecular weight is 261 g/mol. The van der Waals surface area contributed by atoms with Gasteiger partial charge in [0.25, 0.3) is 0 Å². The van der Waals surface area contributed by atoms with Crippen molar-refractivity contribution in [2.75, 3.05) is 7.11 Å². The fraction of sp³-hybridized carbons (Fsp3) is 0.562. The predicted molar refractivity (Wildman–Crippen MR) is 75.9 cm³/mol. The molecule has 104 valence electrons. The Hall–Kier alpha value is -1.35. The van der Waals surface area contributed by atoms with Gasteiger partial charge >= 0.3 is 5.97 Å². The molecular formula is C16H23NO2. The lowest BCUT2D eigenvalue weighted by molar-refractivity contribution is -0.144. The summed E-state index contributed by atoms with van der Waals surface area (Å²) in [6, 6.07) is 10.7. The van der Waals surface area contributed by atoms with Crippen molar-refractivity contribution in [3.05, 3.63) is 35.9 Å². The van der Waals surface area contributed by atoms with Gasteiger partial charge in [-0.2, -0.15) is 0 Å². The number of carbonyl (C=O) groups is 1. The van der Waals surface area contributed by atoms with Crippen LogP contribution in [0.2, 0.25) is 0 Å². The lowest BCUT2D eigenvalue weighted by atomic mass is 10.0. The zero-order valence-electron chi connectivity index (χ0n) is 11.8. The highest BCUT2D eigenvalue weighted by atomic mass is 16.5. The van der Waals surface area contributed by atoms with Crippen LogP contribution in [0.25, 0.3) is 0 Å². The zero-order chi connectivity index (χ0) is 13.7. The molecule has 19 heavy (non-hydrogen) atoms. The number of methoxy groups -OCH3 is 1. The number of carbonyl (C=O) groups excluding carboxylic acids is 1. The Morgan fingerprint density at radius 3 is 2.63 bits per heavy atom. The molecule has 1 aromatic carbocycles. The Kier molecular flexibility index (Phi) is 4.97. The van der Waals surface area contributed by atoms with Crippen molar-refractivity contribution in [3.63, 3.8) is 0 Å². The standard InChI is InChI=1S/C16H23NO2/c1-12(8-9-13-6-4-3-5-7-13)17-15(14-10-11-14)16(18)19-2/h3-7,12,14-15,17H,8-11H2,1-2H3. The largest absolute Gasteiger partial charge is 0.468 e. The summed E-state index contributed by atoms with van der Waals surface area (Å²) >= 11 is 0. The second-order valence-corrected chi connectivity index (χ2v) is 5.43. The Balaban J connectivity index is 1.79. The summed E-state index contributed by atoms with van der Waals surface area (Å²) in [4.78, 5) is 11.7. The number of nitrogens with one attached hydrogen (secondary N) is 1. The van der Waals surface area contributed by atoms with Gasteiger partial charge in [-0.25, -0.2) is 0 Å². The van der Waals surface area contributed by atoms with Gasteiger partial charge in [-0.1, -0.05) is 30.3 Å². The minimum absolute atomic E-state index is 0.115. The number of hydrogen-bond acceptors (Lipinski definition) is 3. The highest BCUT2D eigenvalue weighted by Crippen LogP contribution is 2.33. The van der Waals surface area contributed by atoms with E-state index < -0.39 is 0 Å². The summed E-state index contributed by atoms with van der Waals surface area (Å²) < 4.78 is 4.88.